The number of ether oxygens (including phenoxy) is 2. The molecule has 0 bridgehead atoms. The summed E-state index contributed by atoms with van der Waals surface area (Å²) in [5.74, 6) is 1.43. The summed E-state index contributed by atoms with van der Waals surface area (Å²) in [7, 11) is 0. The van der Waals surface area contributed by atoms with Crippen LogP contribution in [0.2, 0.25) is 0 Å². The molecule has 4 aromatic heterocycles. The molecular weight excluding hydrogens is 634 g/mol. The van der Waals surface area contributed by atoms with E-state index < -0.39 is 29.6 Å². The van der Waals surface area contributed by atoms with Crippen molar-refractivity contribution in [3.8, 4) is 29.0 Å². The van der Waals surface area contributed by atoms with Gasteiger partial charge in [0.05, 0.1) is 36.0 Å². The number of nitriles is 1. The largest absolute Gasteiger partial charge is 0.437 e. The maximum Gasteiger partial charge on any atom is 0.330 e. The number of rotatable bonds is 8. The Morgan fingerprint density at radius 2 is 1.88 bits per heavy atom. The second-order valence-electron chi connectivity index (χ2n) is 11.5. The lowest BCUT2D eigenvalue weighted by atomic mass is 10.1. The topological polar surface area (TPSA) is 186 Å². The number of aliphatic hydroxyl groups is 1. The van der Waals surface area contributed by atoms with Crippen LogP contribution in [0.4, 0.5) is 11.6 Å². The molecule has 2 aromatic carbocycles. The Balaban J connectivity index is 1.09. The normalized spacial score (nSPS) is 17.4. The molecule has 14 nitrogen and oxygen atoms in total. The lowest BCUT2D eigenvalue weighted by Gasteiger charge is -2.15. The number of anilines is 2. The van der Waals surface area contributed by atoms with E-state index in [9.17, 15) is 20.0 Å². The number of aromatic nitrogens is 7. The van der Waals surface area contributed by atoms with Gasteiger partial charge in [-0.25, -0.2) is 14.5 Å². The summed E-state index contributed by atoms with van der Waals surface area (Å²) in [6.07, 6.45) is 2.25. The third-order valence-corrected chi connectivity index (χ3v) is 9.08. The number of hydrogen-bond donors (Lipinski definition) is 3. The fraction of sp³-hybridized carbons (Fsp3) is 0.242. The van der Waals surface area contributed by atoms with Gasteiger partial charge in [-0.1, -0.05) is 17.3 Å². The number of aryl methyl sites for hydroxylation is 3. The summed E-state index contributed by atoms with van der Waals surface area (Å²) in [6, 6.07) is 14.8. The van der Waals surface area contributed by atoms with E-state index in [1.165, 1.54) is 22.1 Å². The predicted octanol–water partition coefficient (Wildman–Crippen LogP) is 4.65. The van der Waals surface area contributed by atoms with Gasteiger partial charge in [0, 0.05) is 29.4 Å². The van der Waals surface area contributed by atoms with Crippen LogP contribution in [0.15, 0.2) is 69.8 Å². The summed E-state index contributed by atoms with van der Waals surface area (Å²) in [6.45, 7) is 5.12. The number of hydrogen-bond acceptors (Lipinski definition) is 12. The molecule has 242 valence electrons. The smallest absolute Gasteiger partial charge is 0.330 e. The minimum Gasteiger partial charge on any atom is -0.437 e. The molecule has 1 fully saturated rings. The Bertz CT molecular complexity index is 2300. The molecule has 1 saturated heterocycles. The van der Waals surface area contributed by atoms with Crippen LogP contribution in [0.1, 0.15) is 40.9 Å². The first-order valence-electron chi connectivity index (χ1n) is 15.0. The second kappa shape index (κ2) is 12.5. The number of nitrogens with one attached hydrogen (secondary N) is 2. The summed E-state index contributed by atoms with van der Waals surface area (Å²) in [5.41, 5.74) is 4.49. The van der Waals surface area contributed by atoms with Gasteiger partial charge in [0.25, 0.3) is 5.56 Å². The van der Waals surface area contributed by atoms with Gasteiger partial charge in [0.1, 0.15) is 28.5 Å². The van der Waals surface area contributed by atoms with E-state index in [4.69, 9.17) is 9.47 Å². The van der Waals surface area contributed by atoms with Gasteiger partial charge in [-0.3, -0.25) is 14.3 Å². The first-order valence-corrected chi connectivity index (χ1v) is 15.9. The molecule has 0 saturated carbocycles. The minimum absolute atomic E-state index is 0.285. The molecule has 3 atom stereocenters. The zero-order chi connectivity index (χ0) is 33.5. The van der Waals surface area contributed by atoms with E-state index in [1.54, 1.807) is 29.9 Å². The minimum atomic E-state index is -0.688. The van der Waals surface area contributed by atoms with E-state index in [0.717, 1.165) is 32.6 Å². The highest BCUT2D eigenvalue weighted by Crippen LogP contribution is 2.37. The monoisotopic (exact) mass is 663 g/mol. The first-order chi connectivity index (χ1) is 23.2. The Kier molecular flexibility index (Phi) is 8.05. The van der Waals surface area contributed by atoms with E-state index >= 15 is 0 Å². The van der Waals surface area contributed by atoms with Gasteiger partial charge in [0.2, 0.25) is 11.8 Å². The lowest BCUT2D eigenvalue weighted by molar-refractivity contribution is -0.0323. The number of H-pyrrole nitrogens is 1. The van der Waals surface area contributed by atoms with Gasteiger partial charge < -0.3 is 19.9 Å². The van der Waals surface area contributed by atoms with Crippen molar-refractivity contribution in [3.63, 3.8) is 0 Å². The van der Waals surface area contributed by atoms with E-state index in [2.05, 4.69) is 36.7 Å². The van der Waals surface area contributed by atoms with E-state index in [0.29, 0.717) is 40.8 Å². The molecule has 3 N–H and O–H groups in total. The van der Waals surface area contributed by atoms with Crippen LogP contribution < -0.4 is 21.3 Å². The molecule has 0 radical (unpaired) electrons. The third kappa shape index (κ3) is 5.84. The number of fused-ring (bicyclic) bond motifs is 1. The van der Waals surface area contributed by atoms with Crippen LogP contribution in [0.5, 0.6) is 11.6 Å². The molecule has 0 aliphatic carbocycles. The van der Waals surface area contributed by atoms with Gasteiger partial charge in [-0.05, 0) is 67.6 Å². The highest BCUT2D eigenvalue weighted by Gasteiger charge is 2.38. The molecule has 1 aliphatic rings. The quantitative estimate of drug-likeness (QED) is 0.206. The van der Waals surface area contributed by atoms with Crippen molar-refractivity contribution in [2.24, 2.45) is 0 Å². The number of thiophene rings is 1. The van der Waals surface area contributed by atoms with Gasteiger partial charge in [0.15, 0.2) is 0 Å². The SMILES string of the molecule is Cc1cc(C#N)cc(C)c1Oc1nc(Nc2ccc(-c3cn([C@H]4C[C@@H](n5cc(C)c(=O)[nH]c5=O)O[C@@H]4CO)nn3)cc2)nc2ccsc12. The van der Waals surface area contributed by atoms with Gasteiger partial charge in [-0.15, -0.1) is 16.4 Å². The molecular formula is C33H29N9O5S. The summed E-state index contributed by atoms with van der Waals surface area (Å²) in [5, 5.41) is 33.2. The number of aliphatic hydroxyl groups excluding tert-OH is 1. The molecule has 5 heterocycles. The van der Waals surface area contributed by atoms with Crippen LogP contribution in [-0.2, 0) is 4.74 Å². The van der Waals surface area contributed by atoms with E-state index in [1.807, 2.05) is 49.6 Å². The number of nitrogens with zero attached hydrogens (tertiary/aromatic N) is 7. The molecule has 1 aliphatic heterocycles. The Morgan fingerprint density at radius 1 is 1.10 bits per heavy atom. The van der Waals surface area contributed by atoms with Gasteiger partial charge >= 0.3 is 5.69 Å². The van der Waals surface area contributed by atoms with Crippen molar-refractivity contribution < 1.29 is 14.6 Å². The van der Waals surface area contributed by atoms with Crippen molar-refractivity contribution in [1.29, 1.82) is 5.26 Å². The molecule has 15 heteroatoms. The lowest BCUT2D eigenvalue weighted by Crippen LogP contribution is -2.33. The van der Waals surface area contributed by atoms with Crippen molar-refractivity contribution >= 4 is 33.2 Å². The summed E-state index contributed by atoms with van der Waals surface area (Å²) < 4.78 is 16.1. The standard InChI is InChI=1S/C33H29N9O5S/c1-17-10-20(13-34)11-18(2)28(17)47-31-29-23(8-9-48-29)36-32(38-31)35-22-6-4-21(5-7-22)24-15-42(40-39-24)25-12-27(46-26(25)16-43)41-14-19(3)30(44)37-33(41)45/h4-11,14-15,25-27,43H,12,16H2,1-3H3,(H,35,36,38)(H,37,44,45)/t25-,26+,27-/m0/s1. The zero-order valence-corrected chi connectivity index (χ0v) is 26.9. The highest BCUT2D eigenvalue weighted by atomic mass is 32.1. The second-order valence-corrected chi connectivity index (χ2v) is 12.4. The Morgan fingerprint density at radius 3 is 2.60 bits per heavy atom. The van der Waals surface area contributed by atoms with Crippen LogP contribution in [0, 0.1) is 32.1 Å². The third-order valence-electron chi connectivity index (χ3n) is 8.19. The van der Waals surface area contributed by atoms with E-state index in [-0.39, 0.29) is 6.61 Å². The van der Waals surface area contributed by atoms with Crippen molar-refractivity contribution in [2.45, 2.75) is 45.6 Å². The van der Waals surface area contributed by atoms with Crippen molar-refractivity contribution in [2.75, 3.05) is 11.9 Å². The van der Waals surface area contributed by atoms with Gasteiger partial charge in [-0.2, -0.15) is 10.2 Å². The number of benzene rings is 2. The predicted molar refractivity (Wildman–Crippen MR) is 178 cm³/mol. The maximum absolute atomic E-state index is 12.4. The van der Waals surface area contributed by atoms with Crippen LogP contribution >= 0.6 is 11.3 Å². The highest BCUT2D eigenvalue weighted by molar-refractivity contribution is 7.17. The molecule has 0 amide bonds. The molecule has 0 unspecified atom stereocenters. The average molecular weight is 664 g/mol. The van der Waals surface area contributed by atoms with Crippen LogP contribution in [0.25, 0.3) is 21.5 Å². The number of aromatic amines is 1. The molecule has 6 aromatic rings. The Hall–Kier alpha value is -5.69. The zero-order valence-electron chi connectivity index (χ0n) is 26.0. The molecule has 0 spiro atoms. The maximum atomic E-state index is 12.4. The van der Waals surface area contributed by atoms with Crippen LogP contribution in [-0.4, -0.2) is 52.3 Å². The summed E-state index contributed by atoms with van der Waals surface area (Å²) in [4.78, 5) is 35.9. The van der Waals surface area contributed by atoms with Crippen molar-refractivity contribution in [3.05, 3.63) is 103 Å². The molecule has 7 rings (SSSR count). The average Bonchev–Trinajstić information content (AvgIpc) is 3.84. The fourth-order valence-corrected chi connectivity index (χ4v) is 6.54. The van der Waals surface area contributed by atoms with Crippen LogP contribution in [0.3, 0.4) is 0 Å². The molecule has 48 heavy (non-hydrogen) atoms. The summed E-state index contributed by atoms with van der Waals surface area (Å²) >= 11 is 1.49. The first kappa shape index (κ1) is 30.9. The Labute approximate surface area is 276 Å². The van der Waals surface area contributed by atoms with Crippen molar-refractivity contribution in [1.82, 2.24) is 34.5 Å². The fourth-order valence-electron chi connectivity index (χ4n) is 5.79.